The third-order valence-electron chi connectivity index (χ3n) is 5.45. The number of benzene rings is 1. The highest BCUT2D eigenvalue weighted by Gasteiger charge is 2.49. The summed E-state index contributed by atoms with van der Waals surface area (Å²) in [7, 11) is 2.97. The highest BCUT2D eigenvalue weighted by Crippen LogP contribution is 2.32. The molecule has 1 saturated carbocycles. The zero-order valence-corrected chi connectivity index (χ0v) is 16.8. The zero-order valence-electron chi connectivity index (χ0n) is 16.8. The SMILES string of the molecule is COc1ccc(NC(=O)CN2C(=O)C(=O)N([C@@H]3CCCC[C@H]3C)C2=O)cc1OC. The fourth-order valence-corrected chi connectivity index (χ4v) is 3.89. The molecule has 0 unspecified atom stereocenters. The van der Waals surface area contributed by atoms with E-state index in [1.807, 2.05) is 6.92 Å². The van der Waals surface area contributed by atoms with Crippen LogP contribution in [0.3, 0.4) is 0 Å². The molecule has 2 aliphatic rings. The molecular formula is C20H25N3O6. The van der Waals surface area contributed by atoms with Gasteiger partial charge in [-0.3, -0.25) is 19.3 Å². The van der Waals surface area contributed by atoms with Gasteiger partial charge in [-0.15, -0.1) is 0 Å². The van der Waals surface area contributed by atoms with Gasteiger partial charge in [-0.05, 0) is 30.9 Å². The first kappa shape index (κ1) is 20.6. The fourth-order valence-electron chi connectivity index (χ4n) is 3.89. The van der Waals surface area contributed by atoms with Crippen LogP contribution in [0.15, 0.2) is 18.2 Å². The van der Waals surface area contributed by atoms with E-state index in [1.165, 1.54) is 14.2 Å². The summed E-state index contributed by atoms with van der Waals surface area (Å²) in [4.78, 5) is 51.7. The molecule has 0 bridgehead atoms. The molecule has 0 spiro atoms. The van der Waals surface area contributed by atoms with Gasteiger partial charge in [-0.1, -0.05) is 19.8 Å². The summed E-state index contributed by atoms with van der Waals surface area (Å²) in [5, 5.41) is 2.60. The normalized spacial score (nSPS) is 22.1. The van der Waals surface area contributed by atoms with E-state index in [9.17, 15) is 19.2 Å². The van der Waals surface area contributed by atoms with Crippen molar-refractivity contribution >= 4 is 29.4 Å². The van der Waals surface area contributed by atoms with E-state index >= 15 is 0 Å². The molecule has 1 aliphatic carbocycles. The molecule has 0 aromatic heterocycles. The minimum atomic E-state index is -0.963. The van der Waals surface area contributed by atoms with Gasteiger partial charge in [0.1, 0.15) is 6.54 Å². The molecule has 29 heavy (non-hydrogen) atoms. The van der Waals surface area contributed by atoms with E-state index in [2.05, 4.69) is 5.32 Å². The lowest BCUT2D eigenvalue weighted by Gasteiger charge is -2.34. The van der Waals surface area contributed by atoms with Crippen molar-refractivity contribution in [2.45, 2.75) is 38.6 Å². The van der Waals surface area contributed by atoms with Crippen LogP contribution in [0.1, 0.15) is 32.6 Å². The van der Waals surface area contributed by atoms with Crippen molar-refractivity contribution < 1.29 is 28.7 Å². The van der Waals surface area contributed by atoms with Crippen LogP contribution in [0.2, 0.25) is 0 Å². The van der Waals surface area contributed by atoms with Crippen molar-refractivity contribution in [3.8, 4) is 11.5 Å². The standard InChI is InChI=1S/C20H25N3O6/c1-12-6-4-5-7-14(12)23-19(26)18(25)22(20(23)27)11-17(24)21-13-8-9-15(28-2)16(10-13)29-3/h8-10,12,14H,4-7,11H2,1-3H3,(H,21,24)/t12-,14-/m1/s1. The van der Waals surface area contributed by atoms with Crippen LogP contribution in [0.5, 0.6) is 11.5 Å². The van der Waals surface area contributed by atoms with E-state index < -0.39 is 30.3 Å². The van der Waals surface area contributed by atoms with E-state index in [4.69, 9.17) is 9.47 Å². The Morgan fingerprint density at radius 2 is 1.76 bits per heavy atom. The predicted molar refractivity (Wildman–Crippen MR) is 104 cm³/mol. The molecule has 1 aliphatic heterocycles. The number of rotatable bonds is 6. The lowest BCUT2D eigenvalue weighted by molar-refractivity contribution is -0.145. The van der Waals surface area contributed by atoms with E-state index in [0.29, 0.717) is 28.5 Å². The number of anilines is 1. The van der Waals surface area contributed by atoms with Crippen LogP contribution in [-0.4, -0.2) is 60.4 Å². The number of imide groups is 2. The van der Waals surface area contributed by atoms with E-state index in [-0.39, 0.29) is 12.0 Å². The van der Waals surface area contributed by atoms with Gasteiger partial charge < -0.3 is 14.8 Å². The summed E-state index contributed by atoms with van der Waals surface area (Å²) >= 11 is 0. The summed E-state index contributed by atoms with van der Waals surface area (Å²) in [5.74, 6) is -1.36. The fraction of sp³-hybridized carbons (Fsp3) is 0.500. The first-order valence-corrected chi connectivity index (χ1v) is 9.58. The average Bonchev–Trinajstić information content (AvgIpc) is 2.91. The second-order valence-corrected chi connectivity index (χ2v) is 7.30. The molecule has 3 rings (SSSR count). The maximum absolute atomic E-state index is 12.7. The average molecular weight is 403 g/mol. The molecule has 2 atom stereocenters. The first-order valence-electron chi connectivity index (χ1n) is 9.58. The van der Waals surface area contributed by atoms with E-state index in [0.717, 1.165) is 24.2 Å². The van der Waals surface area contributed by atoms with Crippen LogP contribution in [-0.2, 0) is 14.4 Å². The number of methoxy groups -OCH3 is 2. The number of ether oxygens (including phenoxy) is 2. The minimum Gasteiger partial charge on any atom is -0.493 e. The van der Waals surface area contributed by atoms with Crippen molar-refractivity contribution in [2.24, 2.45) is 5.92 Å². The number of carbonyl (C=O) groups is 4. The number of nitrogens with one attached hydrogen (secondary N) is 1. The summed E-state index contributed by atoms with van der Waals surface area (Å²) in [6.45, 7) is 1.44. The van der Waals surface area contributed by atoms with Gasteiger partial charge in [-0.2, -0.15) is 0 Å². The van der Waals surface area contributed by atoms with Crippen LogP contribution in [0.4, 0.5) is 10.5 Å². The molecular weight excluding hydrogens is 378 g/mol. The van der Waals surface area contributed by atoms with Crippen molar-refractivity contribution in [3.63, 3.8) is 0 Å². The van der Waals surface area contributed by atoms with Crippen molar-refractivity contribution in [2.75, 3.05) is 26.1 Å². The Balaban J connectivity index is 1.69. The van der Waals surface area contributed by atoms with Gasteiger partial charge in [0.25, 0.3) is 0 Å². The Morgan fingerprint density at radius 1 is 1.07 bits per heavy atom. The topological polar surface area (TPSA) is 105 Å². The maximum Gasteiger partial charge on any atom is 0.334 e. The van der Waals surface area contributed by atoms with Gasteiger partial charge in [0, 0.05) is 17.8 Å². The summed E-state index contributed by atoms with van der Waals surface area (Å²) in [6.07, 6.45) is 3.52. The van der Waals surface area contributed by atoms with Crippen molar-refractivity contribution in [1.29, 1.82) is 0 Å². The first-order chi connectivity index (χ1) is 13.9. The van der Waals surface area contributed by atoms with Gasteiger partial charge in [0.2, 0.25) is 5.91 Å². The molecule has 1 aromatic carbocycles. The summed E-state index contributed by atoms with van der Waals surface area (Å²) < 4.78 is 10.3. The third kappa shape index (κ3) is 4.03. The number of urea groups is 1. The lowest BCUT2D eigenvalue weighted by Crippen LogP contribution is -2.46. The Kier molecular flexibility index (Phi) is 6.05. The molecule has 5 amide bonds. The lowest BCUT2D eigenvalue weighted by atomic mass is 9.85. The largest absolute Gasteiger partial charge is 0.493 e. The maximum atomic E-state index is 12.7. The number of hydrogen-bond donors (Lipinski definition) is 1. The highest BCUT2D eigenvalue weighted by molar-refractivity contribution is 6.45. The molecule has 156 valence electrons. The van der Waals surface area contributed by atoms with Crippen molar-refractivity contribution in [3.05, 3.63) is 18.2 Å². The zero-order chi connectivity index (χ0) is 21.1. The molecule has 1 aromatic rings. The predicted octanol–water partition coefficient (Wildman–Crippen LogP) is 2.01. The molecule has 0 radical (unpaired) electrons. The second-order valence-electron chi connectivity index (χ2n) is 7.30. The van der Waals surface area contributed by atoms with Gasteiger partial charge >= 0.3 is 17.8 Å². The van der Waals surface area contributed by atoms with Gasteiger partial charge in [-0.25, -0.2) is 9.69 Å². The number of amides is 5. The molecule has 9 heteroatoms. The Bertz CT molecular complexity index is 840. The van der Waals surface area contributed by atoms with Gasteiger partial charge in [0.15, 0.2) is 11.5 Å². The van der Waals surface area contributed by atoms with Crippen molar-refractivity contribution in [1.82, 2.24) is 9.80 Å². The van der Waals surface area contributed by atoms with Crippen LogP contribution in [0.25, 0.3) is 0 Å². The van der Waals surface area contributed by atoms with Crippen LogP contribution in [0, 0.1) is 5.92 Å². The third-order valence-corrected chi connectivity index (χ3v) is 5.45. The second kappa shape index (κ2) is 8.50. The molecule has 1 saturated heterocycles. The molecule has 1 heterocycles. The summed E-state index contributed by atoms with van der Waals surface area (Å²) in [6, 6.07) is 3.77. The van der Waals surface area contributed by atoms with E-state index in [1.54, 1.807) is 18.2 Å². The number of nitrogens with zero attached hydrogens (tertiary/aromatic N) is 2. The monoisotopic (exact) mass is 403 g/mol. The van der Waals surface area contributed by atoms with Crippen LogP contribution >= 0.6 is 0 Å². The van der Waals surface area contributed by atoms with Gasteiger partial charge in [0.05, 0.1) is 14.2 Å². The highest BCUT2D eigenvalue weighted by atomic mass is 16.5. The molecule has 2 fully saturated rings. The smallest absolute Gasteiger partial charge is 0.334 e. The Morgan fingerprint density at radius 3 is 2.41 bits per heavy atom. The summed E-state index contributed by atoms with van der Waals surface area (Å²) in [5.41, 5.74) is 0.413. The minimum absolute atomic E-state index is 0.130. The Hall–Kier alpha value is -3.10. The van der Waals surface area contributed by atoms with Crippen LogP contribution < -0.4 is 14.8 Å². The quantitative estimate of drug-likeness (QED) is 0.575. The Labute approximate surface area is 168 Å². The molecule has 9 nitrogen and oxygen atoms in total. The molecule has 1 N–H and O–H groups in total. The number of carbonyl (C=O) groups excluding carboxylic acids is 4. The number of hydrogen-bond acceptors (Lipinski definition) is 6.